The van der Waals surface area contributed by atoms with E-state index in [1.165, 1.54) is 71.0 Å². The van der Waals surface area contributed by atoms with Crippen LogP contribution in [-0.4, -0.2) is 0 Å². The van der Waals surface area contributed by atoms with Gasteiger partial charge in [-0.05, 0) is 122 Å². The van der Waals surface area contributed by atoms with E-state index in [2.05, 4.69) is 248 Å². The minimum Gasteiger partial charge on any atom is -0.456 e. The second kappa shape index (κ2) is 16.1. The fourth-order valence-electron chi connectivity index (χ4n) is 11.0. The molecule has 0 atom stereocenters. The molecular formula is C64H43NOS. The lowest BCUT2D eigenvalue weighted by Gasteiger charge is -2.39. The molecule has 0 amide bonds. The number of furan rings is 1. The van der Waals surface area contributed by atoms with E-state index in [4.69, 9.17) is 4.42 Å². The standard InChI is InChI=1S/C64H43NOS/c1-3-19-43(20-4-1)39-46(45-22-5-2-6-23-45)40-44-21-17-24-47(41-44)65(48-37-38-60-53(42-48)50-26-9-14-34-59(50)66-60)58-33-13-8-25-49(58)51-28-18-32-57-63(51)52-27-7-10-29-54(52)64(57)55-30-11-15-35-61(55)67-62-36-16-12-31-56(62)64/h1-39,41-42H,40H2/b46-39-. The minimum absolute atomic E-state index is 0.472. The van der Waals surface area contributed by atoms with E-state index in [0.29, 0.717) is 0 Å². The molecule has 67 heavy (non-hydrogen) atoms. The Morgan fingerprint density at radius 1 is 0.448 bits per heavy atom. The zero-order valence-corrected chi connectivity index (χ0v) is 37.5. The zero-order chi connectivity index (χ0) is 44.3. The highest BCUT2D eigenvalue weighted by Gasteiger charge is 2.50. The molecule has 1 aliphatic carbocycles. The predicted molar refractivity (Wildman–Crippen MR) is 280 cm³/mol. The summed E-state index contributed by atoms with van der Waals surface area (Å²) in [5.74, 6) is 0. The van der Waals surface area contributed by atoms with Crippen molar-refractivity contribution in [2.24, 2.45) is 0 Å². The molecule has 316 valence electrons. The van der Waals surface area contributed by atoms with Crippen LogP contribution < -0.4 is 4.90 Å². The average Bonchev–Trinajstić information content (AvgIpc) is 3.91. The Bertz CT molecular complexity index is 3670. The Labute approximate surface area is 395 Å². The van der Waals surface area contributed by atoms with E-state index in [-0.39, 0.29) is 0 Å². The summed E-state index contributed by atoms with van der Waals surface area (Å²) in [4.78, 5) is 5.06. The Morgan fingerprint density at radius 3 is 1.85 bits per heavy atom. The predicted octanol–water partition coefficient (Wildman–Crippen LogP) is 17.3. The summed E-state index contributed by atoms with van der Waals surface area (Å²) in [5, 5.41) is 2.20. The van der Waals surface area contributed by atoms with Gasteiger partial charge in [-0.15, -0.1) is 0 Å². The molecule has 0 saturated heterocycles. The molecule has 1 aliphatic heterocycles. The SMILES string of the molecule is C(=C(\Cc1cccc(N(c2ccc3oc4ccccc4c3c2)c2ccccc2-c2cccc3c2-c2ccccc2C32c3ccccc3Sc3ccccc32)c1)c1ccccc1)/c1ccccc1. The molecule has 3 heteroatoms. The Hall–Kier alpha value is -8.11. The average molecular weight is 874 g/mol. The van der Waals surface area contributed by atoms with Gasteiger partial charge in [-0.1, -0.05) is 206 Å². The first-order valence-corrected chi connectivity index (χ1v) is 23.8. The number of para-hydroxylation sites is 2. The molecule has 0 saturated carbocycles. The van der Waals surface area contributed by atoms with Crippen LogP contribution in [0.1, 0.15) is 38.9 Å². The second-order valence-corrected chi connectivity index (χ2v) is 18.6. The molecule has 1 spiro atoms. The van der Waals surface area contributed by atoms with Crippen LogP contribution in [0.4, 0.5) is 17.1 Å². The van der Waals surface area contributed by atoms with Crippen molar-refractivity contribution in [3.63, 3.8) is 0 Å². The highest BCUT2D eigenvalue weighted by molar-refractivity contribution is 7.99. The molecular weight excluding hydrogens is 831 g/mol. The van der Waals surface area contributed by atoms with Gasteiger partial charge in [-0.2, -0.15) is 0 Å². The van der Waals surface area contributed by atoms with E-state index in [1.54, 1.807) is 0 Å². The molecule has 11 aromatic rings. The van der Waals surface area contributed by atoms with Gasteiger partial charge in [0.1, 0.15) is 11.2 Å². The van der Waals surface area contributed by atoms with Gasteiger partial charge >= 0.3 is 0 Å². The first kappa shape index (κ1) is 39.3. The summed E-state index contributed by atoms with van der Waals surface area (Å²) in [5.41, 5.74) is 19.7. The van der Waals surface area contributed by atoms with Gasteiger partial charge in [0, 0.05) is 37.5 Å². The van der Waals surface area contributed by atoms with Crippen molar-refractivity contribution in [2.75, 3.05) is 4.90 Å². The third-order valence-electron chi connectivity index (χ3n) is 13.8. The Morgan fingerprint density at radius 2 is 1.04 bits per heavy atom. The van der Waals surface area contributed by atoms with Crippen molar-refractivity contribution < 1.29 is 4.42 Å². The lowest BCUT2D eigenvalue weighted by molar-refractivity contribution is 0.669. The second-order valence-electron chi connectivity index (χ2n) is 17.5. The highest BCUT2D eigenvalue weighted by Crippen LogP contribution is 2.63. The fraction of sp³-hybridized carbons (Fsp3) is 0.0312. The molecule has 2 heterocycles. The third kappa shape index (κ3) is 6.42. The van der Waals surface area contributed by atoms with Crippen molar-refractivity contribution in [3.05, 3.63) is 282 Å². The van der Waals surface area contributed by atoms with E-state index >= 15 is 0 Å². The van der Waals surface area contributed by atoms with Crippen LogP contribution in [0.3, 0.4) is 0 Å². The summed E-state index contributed by atoms with van der Waals surface area (Å²) in [6, 6.07) is 88.8. The van der Waals surface area contributed by atoms with Crippen LogP contribution in [0.25, 0.3) is 55.8 Å². The number of benzene rings is 10. The van der Waals surface area contributed by atoms with Crippen LogP contribution in [-0.2, 0) is 11.8 Å². The summed E-state index contributed by atoms with van der Waals surface area (Å²) < 4.78 is 6.41. The molecule has 0 N–H and O–H groups in total. The summed E-state index contributed by atoms with van der Waals surface area (Å²) in [7, 11) is 0. The van der Waals surface area contributed by atoms with E-state index in [1.807, 2.05) is 17.8 Å². The quantitative estimate of drug-likeness (QED) is 0.142. The molecule has 2 nitrogen and oxygen atoms in total. The highest BCUT2D eigenvalue weighted by atomic mass is 32.2. The minimum atomic E-state index is -0.472. The van der Waals surface area contributed by atoms with Crippen molar-refractivity contribution in [3.8, 4) is 22.3 Å². The van der Waals surface area contributed by atoms with Gasteiger partial charge in [0.15, 0.2) is 0 Å². The number of rotatable bonds is 8. The van der Waals surface area contributed by atoms with Gasteiger partial charge in [0.2, 0.25) is 0 Å². The van der Waals surface area contributed by atoms with Crippen LogP contribution in [0.15, 0.2) is 257 Å². The van der Waals surface area contributed by atoms with Crippen molar-refractivity contribution in [2.45, 2.75) is 21.6 Å². The Kier molecular flexibility index (Phi) is 9.43. The fourth-order valence-corrected chi connectivity index (χ4v) is 12.2. The van der Waals surface area contributed by atoms with Gasteiger partial charge in [0.05, 0.1) is 11.1 Å². The van der Waals surface area contributed by atoms with Crippen LogP contribution in [0.2, 0.25) is 0 Å². The summed E-state index contributed by atoms with van der Waals surface area (Å²) in [6.45, 7) is 0. The van der Waals surface area contributed by atoms with Gasteiger partial charge < -0.3 is 9.32 Å². The van der Waals surface area contributed by atoms with Crippen molar-refractivity contribution >= 4 is 62.4 Å². The van der Waals surface area contributed by atoms with Crippen molar-refractivity contribution in [1.82, 2.24) is 0 Å². The van der Waals surface area contributed by atoms with Crippen LogP contribution in [0.5, 0.6) is 0 Å². The summed E-state index contributed by atoms with van der Waals surface area (Å²) >= 11 is 1.88. The number of hydrogen-bond acceptors (Lipinski definition) is 3. The van der Waals surface area contributed by atoms with Gasteiger partial charge in [0.25, 0.3) is 0 Å². The van der Waals surface area contributed by atoms with E-state index < -0.39 is 5.41 Å². The maximum atomic E-state index is 6.41. The number of allylic oxidation sites excluding steroid dienone is 1. The molecule has 0 fully saturated rings. The number of fused-ring (bicyclic) bond motifs is 12. The van der Waals surface area contributed by atoms with Crippen molar-refractivity contribution in [1.29, 1.82) is 0 Å². The molecule has 1 aromatic heterocycles. The van der Waals surface area contributed by atoms with Gasteiger partial charge in [-0.25, -0.2) is 0 Å². The Balaban J connectivity index is 1.03. The first-order valence-electron chi connectivity index (χ1n) is 23.0. The lowest BCUT2D eigenvalue weighted by Crippen LogP contribution is -2.31. The molecule has 0 bridgehead atoms. The summed E-state index contributed by atoms with van der Waals surface area (Å²) in [6.07, 6.45) is 3.09. The molecule has 10 aromatic carbocycles. The molecule has 0 radical (unpaired) electrons. The maximum absolute atomic E-state index is 6.41. The first-order chi connectivity index (χ1) is 33.2. The zero-order valence-electron chi connectivity index (χ0n) is 36.6. The lowest BCUT2D eigenvalue weighted by atomic mass is 9.67. The number of nitrogens with zero attached hydrogens (tertiary/aromatic N) is 1. The van der Waals surface area contributed by atoms with E-state index in [9.17, 15) is 0 Å². The smallest absolute Gasteiger partial charge is 0.135 e. The number of anilines is 3. The molecule has 13 rings (SSSR count). The maximum Gasteiger partial charge on any atom is 0.135 e. The normalized spacial score (nSPS) is 13.3. The topological polar surface area (TPSA) is 16.4 Å². The molecule has 2 aliphatic rings. The van der Waals surface area contributed by atoms with E-state index in [0.717, 1.165) is 51.0 Å². The van der Waals surface area contributed by atoms with Crippen LogP contribution >= 0.6 is 11.8 Å². The largest absolute Gasteiger partial charge is 0.456 e. The number of hydrogen-bond donors (Lipinski definition) is 0. The monoisotopic (exact) mass is 873 g/mol. The third-order valence-corrected chi connectivity index (χ3v) is 14.9. The van der Waals surface area contributed by atoms with Gasteiger partial charge in [-0.3, -0.25) is 0 Å². The molecule has 0 unspecified atom stereocenters. The van der Waals surface area contributed by atoms with Crippen LogP contribution in [0, 0.1) is 0 Å².